The van der Waals surface area contributed by atoms with E-state index in [1.54, 1.807) is 17.5 Å². The number of hydrogen-bond donors (Lipinski definition) is 2. The Balaban J connectivity index is 1.60. The van der Waals surface area contributed by atoms with Gasteiger partial charge in [-0.05, 0) is 23.8 Å². The van der Waals surface area contributed by atoms with Gasteiger partial charge in [0.25, 0.3) is 15.6 Å². The van der Waals surface area contributed by atoms with Crippen molar-refractivity contribution >= 4 is 27.2 Å². The van der Waals surface area contributed by atoms with Gasteiger partial charge in [0.2, 0.25) is 0 Å². The van der Waals surface area contributed by atoms with E-state index in [9.17, 15) is 13.2 Å². The molecule has 2 aromatic rings. The summed E-state index contributed by atoms with van der Waals surface area (Å²) in [5.74, 6) is 0.708. The van der Waals surface area contributed by atoms with Crippen LogP contribution < -0.4 is 10.9 Å². The third kappa shape index (κ3) is 3.21. The van der Waals surface area contributed by atoms with Crippen LogP contribution in [-0.2, 0) is 10.0 Å². The van der Waals surface area contributed by atoms with E-state index in [1.165, 1.54) is 28.0 Å². The van der Waals surface area contributed by atoms with Crippen molar-refractivity contribution in [3.05, 3.63) is 40.3 Å². The molecule has 1 fully saturated rings. The highest BCUT2D eigenvalue weighted by Gasteiger charge is 2.32. The Morgan fingerprint density at radius 3 is 3.09 bits per heavy atom. The standard InChI is InChI=1S/C13H16N4O3S2/c18-12-6-11(15-9-16-12)14-7-10-3-4-17(8-10)22(19,20)13-2-1-5-21-13/h1-2,5-6,9-10H,3-4,7-8H2,(H2,14,15,16,18). The van der Waals surface area contributed by atoms with E-state index in [1.807, 2.05) is 0 Å². The van der Waals surface area contributed by atoms with Crippen molar-refractivity contribution in [2.24, 2.45) is 5.92 Å². The predicted molar refractivity (Wildman–Crippen MR) is 84.5 cm³/mol. The molecule has 1 saturated heterocycles. The van der Waals surface area contributed by atoms with Crippen molar-refractivity contribution in [1.29, 1.82) is 0 Å². The number of thiophene rings is 1. The summed E-state index contributed by atoms with van der Waals surface area (Å²) in [6.45, 7) is 1.60. The second-order valence-corrected chi connectivity index (χ2v) is 8.24. The number of H-pyrrole nitrogens is 1. The molecule has 0 radical (unpaired) electrons. The van der Waals surface area contributed by atoms with Gasteiger partial charge in [0, 0.05) is 25.7 Å². The normalized spacial score (nSPS) is 19.4. The Labute approximate surface area is 132 Å². The molecule has 22 heavy (non-hydrogen) atoms. The third-order valence-corrected chi connectivity index (χ3v) is 6.83. The first kappa shape index (κ1) is 15.2. The molecular weight excluding hydrogens is 324 g/mol. The van der Waals surface area contributed by atoms with Gasteiger partial charge in [-0.2, -0.15) is 4.31 Å². The maximum absolute atomic E-state index is 12.4. The first-order chi connectivity index (χ1) is 10.6. The number of aromatic amines is 1. The molecule has 0 aromatic carbocycles. The van der Waals surface area contributed by atoms with Crippen LogP contribution in [0.5, 0.6) is 0 Å². The zero-order chi connectivity index (χ0) is 15.6. The molecule has 0 bridgehead atoms. The largest absolute Gasteiger partial charge is 0.370 e. The van der Waals surface area contributed by atoms with Crippen molar-refractivity contribution in [1.82, 2.24) is 14.3 Å². The molecule has 3 rings (SSSR count). The van der Waals surface area contributed by atoms with Gasteiger partial charge in [-0.15, -0.1) is 11.3 Å². The van der Waals surface area contributed by atoms with E-state index in [0.29, 0.717) is 29.7 Å². The van der Waals surface area contributed by atoms with Gasteiger partial charge in [-0.25, -0.2) is 13.4 Å². The topological polar surface area (TPSA) is 95.2 Å². The smallest absolute Gasteiger partial charge is 0.252 e. The summed E-state index contributed by atoms with van der Waals surface area (Å²) in [6.07, 6.45) is 2.13. The van der Waals surface area contributed by atoms with Gasteiger partial charge in [-0.1, -0.05) is 6.07 Å². The van der Waals surface area contributed by atoms with Crippen LogP contribution in [0.3, 0.4) is 0 Å². The average molecular weight is 340 g/mol. The summed E-state index contributed by atoms with van der Waals surface area (Å²) in [5.41, 5.74) is -0.217. The Morgan fingerprint density at radius 2 is 2.36 bits per heavy atom. The number of nitrogens with one attached hydrogen (secondary N) is 2. The number of anilines is 1. The predicted octanol–water partition coefficient (Wildman–Crippen LogP) is 0.954. The van der Waals surface area contributed by atoms with Gasteiger partial charge in [0.15, 0.2) is 0 Å². The lowest BCUT2D eigenvalue weighted by molar-refractivity contribution is 0.463. The fourth-order valence-corrected chi connectivity index (χ4v) is 5.11. The Morgan fingerprint density at radius 1 is 1.50 bits per heavy atom. The molecule has 9 heteroatoms. The molecule has 2 aromatic heterocycles. The molecule has 2 N–H and O–H groups in total. The van der Waals surface area contributed by atoms with E-state index in [4.69, 9.17) is 0 Å². The zero-order valence-electron chi connectivity index (χ0n) is 11.7. The Hall–Kier alpha value is -1.71. The molecule has 0 saturated carbocycles. The molecule has 0 amide bonds. The quantitative estimate of drug-likeness (QED) is 0.845. The first-order valence-electron chi connectivity index (χ1n) is 6.88. The van der Waals surface area contributed by atoms with Crippen molar-refractivity contribution < 1.29 is 8.42 Å². The summed E-state index contributed by atoms with van der Waals surface area (Å²) < 4.78 is 26.7. The highest BCUT2D eigenvalue weighted by atomic mass is 32.2. The summed E-state index contributed by atoms with van der Waals surface area (Å²) in [5, 5.41) is 4.85. The molecule has 1 atom stereocenters. The molecule has 1 unspecified atom stereocenters. The van der Waals surface area contributed by atoms with Crippen molar-refractivity contribution in [2.45, 2.75) is 10.6 Å². The summed E-state index contributed by atoms with van der Waals surface area (Å²) in [4.78, 5) is 17.6. The summed E-state index contributed by atoms with van der Waals surface area (Å²) in [6, 6.07) is 4.76. The second kappa shape index (κ2) is 6.19. The molecule has 1 aliphatic rings. The van der Waals surface area contributed by atoms with Crippen LogP contribution in [0.1, 0.15) is 6.42 Å². The maximum Gasteiger partial charge on any atom is 0.252 e. The van der Waals surface area contributed by atoms with Crippen molar-refractivity contribution in [2.75, 3.05) is 25.0 Å². The van der Waals surface area contributed by atoms with Crippen LogP contribution in [0.25, 0.3) is 0 Å². The highest BCUT2D eigenvalue weighted by molar-refractivity contribution is 7.91. The highest BCUT2D eigenvalue weighted by Crippen LogP contribution is 2.26. The fourth-order valence-electron chi connectivity index (χ4n) is 2.43. The molecule has 0 spiro atoms. The fraction of sp³-hybridized carbons (Fsp3) is 0.385. The molecule has 1 aliphatic heterocycles. The second-order valence-electron chi connectivity index (χ2n) is 5.13. The van der Waals surface area contributed by atoms with Crippen LogP contribution >= 0.6 is 11.3 Å². The minimum absolute atomic E-state index is 0.204. The minimum atomic E-state index is -3.36. The van der Waals surface area contributed by atoms with Crippen LogP contribution in [-0.4, -0.2) is 42.3 Å². The molecule has 0 aliphatic carbocycles. The number of rotatable bonds is 5. The third-order valence-electron chi connectivity index (χ3n) is 3.59. The Kier molecular flexibility index (Phi) is 4.27. The average Bonchev–Trinajstić information content (AvgIpc) is 3.17. The van der Waals surface area contributed by atoms with Gasteiger partial charge in [0.1, 0.15) is 10.0 Å². The minimum Gasteiger partial charge on any atom is -0.370 e. The number of nitrogens with zero attached hydrogens (tertiary/aromatic N) is 2. The van der Waals surface area contributed by atoms with Crippen molar-refractivity contribution in [3.63, 3.8) is 0 Å². The lowest BCUT2D eigenvalue weighted by Crippen LogP contribution is -2.29. The zero-order valence-corrected chi connectivity index (χ0v) is 13.4. The van der Waals surface area contributed by atoms with Gasteiger partial charge in [-0.3, -0.25) is 4.79 Å². The van der Waals surface area contributed by atoms with Crippen LogP contribution in [0.15, 0.2) is 38.9 Å². The van der Waals surface area contributed by atoms with Crippen LogP contribution in [0, 0.1) is 5.92 Å². The van der Waals surface area contributed by atoms with E-state index in [-0.39, 0.29) is 11.5 Å². The van der Waals surface area contributed by atoms with Gasteiger partial charge >= 0.3 is 0 Å². The Bertz CT molecular complexity index is 786. The first-order valence-corrected chi connectivity index (χ1v) is 9.20. The summed E-state index contributed by atoms with van der Waals surface area (Å²) >= 11 is 1.24. The SMILES string of the molecule is O=c1cc(NCC2CCN(S(=O)(=O)c3cccs3)C2)nc[nH]1. The summed E-state index contributed by atoms with van der Waals surface area (Å²) in [7, 11) is -3.36. The molecule has 118 valence electrons. The maximum atomic E-state index is 12.4. The van der Waals surface area contributed by atoms with E-state index in [0.717, 1.165) is 6.42 Å². The number of hydrogen-bond acceptors (Lipinski definition) is 6. The molecular formula is C13H16N4O3S2. The van der Waals surface area contributed by atoms with Crippen molar-refractivity contribution in [3.8, 4) is 0 Å². The molecule has 3 heterocycles. The van der Waals surface area contributed by atoms with E-state index in [2.05, 4.69) is 15.3 Å². The number of sulfonamides is 1. The van der Waals surface area contributed by atoms with Crippen LogP contribution in [0.2, 0.25) is 0 Å². The van der Waals surface area contributed by atoms with Crippen LogP contribution in [0.4, 0.5) is 5.82 Å². The lowest BCUT2D eigenvalue weighted by atomic mass is 10.1. The van der Waals surface area contributed by atoms with Gasteiger partial charge in [0.05, 0.1) is 6.33 Å². The van der Waals surface area contributed by atoms with Gasteiger partial charge < -0.3 is 10.3 Å². The van der Waals surface area contributed by atoms with E-state index >= 15 is 0 Å². The lowest BCUT2D eigenvalue weighted by Gasteiger charge is -2.15. The number of aromatic nitrogens is 2. The van der Waals surface area contributed by atoms with E-state index < -0.39 is 10.0 Å². The molecule has 7 nitrogen and oxygen atoms in total. The monoisotopic (exact) mass is 340 g/mol.